The Hall–Kier alpha value is -1.20. The second kappa shape index (κ2) is 4.98. The van der Waals surface area contributed by atoms with Gasteiger partial charge in [0.2, 0.25) is 0 Å². The molecule has 0 aromatic heterocycles. The molecule has 0 aliphatic heterocycles. The van der Waals surface area contributed by atoms with Crippen molar-refractivity contribution in [3.05, 3.63) is 23.8 Å². The van der Waals surface area contributed by atoms with E-state index in [9.17, 15) is 0 Å². The summed E-state index contributed by atoms with van der Waals surface area (Å²) < 4.78 is 0. The molecule has 0 radical (unpaired) electrons. The van der Waals surface area contributed by atoms with Gasteiger partial charge in [-0.2, -0.15) is 4.89 Å². The van der Waals surface area contributed by atoms with E-state index in [0.717, 1.165) is 6.42 Å². The van der Waals surface area contributed by atoms with Gasteiger partial charge in [-0.15, -0.1) is 0 Å². The second-order valence-electron chi connectivity index (χ2n) is 5.28. The van der Waals surface area contributed by atoms with Crippen LogP contribution in [0.1, 0.15) is 27.2 Å². The third-order valence-corrected chi connectivity index (χ3v) is 4.22. The van der Waals surface area contributed by atoms with E-state index in [1.807, 2.05) is 0 Å². The van der Waals surface area contributed by atoms with Crippen LogP contribution in [0.2, 0.25) is 0 Å². The van der Waals surface area contributed by atoms with Gasteiger partial charge in [-0.3, -0.25) is 4.89 Å². The monoisotopic (exact) mass is 232 g/mol. The predicted octanol–water partition coefficient (Wildman–Crippen LogP) is 3.32. The van der Waals surface area contributed by atoms with Crippen LogP contribution in [0.25, 0.3) is 0 Å². The van der Waals surface area contributed by atoms with E-state index in [1.54, 1.807) is 0 Å². The first kappa shape index (κ1) is 12.3. The summed E-state index contributed by atoms with van der Waals surface area (Å²) in [5.74, 6) is 1.96. The number of hydrogen-bond donors (Lipinski definition) is 0. The van der Waals surface area contributed by atoms with Gasteiger partial charge in [-0.25, -0.2) is 0 Å². The standard InChI is InChI=1S/C15H20O2/c1-5-16-17-15-11(3)7-9-13-8-6-10(2)12(4)14(13)15/h1,6,8-12,14-15H,7H2,2-4H3. The van der Waals surface area contributed by atoms with Crippen LogP contribution in [0.5, 0.6) is 0 Å². The van der Waals surface area contributed by atoms with Crippen LogP contribution < -0.4 is 0 Å². The minimum Gasteiger partial charge on any atom is -0.282 e. The highest BCUT2D eigenvalue weighted by atomic mass is 17.2. The summed E-state index contributed by atoms with van der Waals surface area (Å²) in [6.45, 7) is 6.71. The molecule has 5 unspecified atom stereocenters. The van der Waals surface area contributed by atoms with Crippen molar-refractivity contribution in [1.82, 2.24) is 0 Å². The van der Waals surface area contributed by atoms with E-state index in [-0.39, 0.29) is 6.10 Å². The highest BCUT2D eigenvalue weighted by Gasteiger charge is 2.40. The van der Waals surface area contributed by atoms with Crippen molar-refractivity contribution in [2.45, 2.75) is 33.3 Å². The third kappa shape index (κ3) is 2.25. The second-order valence-corrected chi connectivity index (χ2v) is 5.28. The summed E-state index contributed by atoms with van der Waals surface area (Å²) in [5, 5.41) is 0. The number of rotatable bonds is 2. The van der Waals surface area contributed by atoms with E-state index >= 15 is 0 Å². The molecule has 0 heterocycles. The van der Waals surface area contributed by atoms with Gasteiger partial charge in [0.1, 0.15) is 6.10 Å². The fraction of sp³-hybridized carbons (Fsp3) is 0.600. The van der Waals surface area contributed by atoms with Crippen LogP contribution in [0, 0.1) is 36.2 Å². The lowest BCUT2D eigenvalue weighted by atomic mass is 9.67. The molecule has 0 spiro atoms. The molecule has 2 rings (SSSR count). The third-order valence-electron chi connectivity index (χ3n) is 4.22. The van der Waals surface area contributed by atoms with Crippen LogP contribution in [0.4, 0.5) is 0 Å². The zero-order valence-corrected chi connectivity index (χ0v) is 10.7. The van der Waals surface area contributed by atoms with Crippen molar-refractivity contribution in [2.75, 3.05) is 0 Å². The smallest absolute Gasteiger partial charge is 0.153 e. The molecule has 0 N–H and O–H groups in total. The van der Waals surface area contributed by atoms with Crippen molar-refractivity contribution < 1.29 is 9.78 Å². The Morgan fingerprint density at radius 2 is 2.12 bits per heavy atom. The normalized spacial score (nSPS) is 40.1. The summed E-state index contributed by atoms with van der Waals surface area (Å²) in [4.78, 5) is 10.2. The maximum Gasteiger partial charge on any atom is 0.153 e. The van der Waals surface area contributed by atoms with Gasteiger partial charge in [0.25, 0.3) is 0 Å². The van der Waals surface area contributed by atoms with Crippen molar-refractivity contribution >= 4 is 0 Å². The van der Waals surface area contributed by atoms with Gasteiger partial charge in [-0.1, -0.05) is 45.4 Å². The summed E-state index contributed by atoms with van der Waals surface area (Å²) >= 11 is 0. The Morgan fingerprint density at radius 3 is 2.82 bits per heavy atom. The first-order chi connectivity index (χ1) is 8.15. The SMILES string of the molecule is C#COOC1C(C)CC=C2C=CC(C)C(C)C21. The van der Waals surface area contributed by atoms with Crippen LogP contribution in [0.3, 0.4) is 0 Å². The van der Waals surface area contributed by atoms with Gasteiger partial charge < -0.3 is 0 Å². The average molecular weight is 232 g/mol. The molecule has 2 aliphatic carbocycles. The van der Waals surface area contributed by atoms with Crippen LogP contribution >= 0.6 is 0 Å². The van der Waals surface area contributed by atoms with Crippen molar-refractivity contribution in [3.8, 4) is 12.5 Å². The molecular formula is C15H20O2. The maximum absolute atomic E-state index is 5.42. The molecule has 2 nitrogen and oxygen atoms in total. The van der Waals surface area contributed by atoms with Gasteiger partial charge in [0.05, 0.1) is 0 Å². The first-order valence-corrected chi connectivity index (χ1v) is 6.31. The Morgan fingerprint density at radius 1 is 1.35 bits per heavy atom. The van der Waals surface area contributed by atoms with Gasteiger partial charge >= 0.3 is 0 Å². The molecule has 0 aromatic carbocycles. The van der Waals surface area contributed by atoms with Crippen molar-refractivity contribution in [2.24, 2.45) is 23.7 Å². The molecule has 2 heteroatoms. The van der Waals surface area contributed by atoms with Gasteiger partial charge in [0.15, 0.2) is 6.11 Å². The molecular weight excluding hydrogens is 212 g/mol. The molecule has 0 amide bonds. The Kier molecular flexibility index (Phi) is 3.59. The molecule has 17 heavy (non-hydrogen) atoms. The topological polar surface area (TPSA) is 18.5 Å². The van der Waals surface area contributed by atoms with Crippen LogP contribution in [-0.4, -0.2) is 6.10 Å². The summed E-state index contributed by atoms with van der Waals surface area (Å²) in [6, 6.07) is 0. The number of hydrogen-bond acceptors (Lipinski definition) is 2. The lowest BCUT2D eigenvalue weighted by Gasteiger charge is -2.41. The van der Waals surface area contributed by atoms with Gasteiger partial charge in [-0.05, 0) is 29.7 Å². The minimum atomic E-state index is 0.0634. The van der Waals surface area contributed by atoms with Crippen LogP contribution in [-0.2, 0) is 9.78 Å². The van der Waals surface area contributed by atoms with E-state index in [4.69, 9.17) is 16.2 Å². The maximum atomic E-state index is 5.42. The Labute approximate surface area is 104 Å². The highest BCUT2D eigenvalue weighted by Crippen LogP contribution is 2.42. The highest BCUT2D eigenvalue weighted by molar-refractivity contribution is 5.30. The van der Waals surface area contributed by atoms with Gasteiger partial charge in [0, 0.05) is 5.92 Å². The van der Waals surface area contributed by atoms with Crippen molar-refractivity contribution in [3.63, 3.8) is 0 Å². The summed E-state index contributed by atoms with van der Waals surface area (Å²) in [5.41, 5.74) is 1.37. The van der Waals surface area contributed by atoms with E-state index in [2.05, 4.69) is 45.1 Å². The van der Waals surface area contributed by atoms with E-state index in [0.29, 0.717) is 23.7 Å². The lowest BCUT2D eigenvalue weighted by molar-refractivity contribution is -0.296. The number of fused-ring (bicyclic) bond motifs is 1. The zero-order valence-electron chi connectivity index (χ0n) is 10.7. The molecule has 92 valence electrons. The fourth-order valence-electron chi connectivity index (χ4n) is 2.92. The molecule has 5 atom stereocenters. The number of allylic oxidation sites excluding steroid dienone is 3. The Balaban J connectivity index is 2.24. The largest absolute Gasteiger partial charge is 0.282 e. The molecule has 0 saturated carbocycles. The minimum absolute atomic E-state index is 0.0634. The number of terminal acetylenes is 1. The molecule has 0 aromatic rings. The molecule has 0 bridgehead atoms. The molecule has 2 aliphatic rings. The zero-order chi connectivity index (χ0) is 12.4. The Bertz CT molecular complexity index is 375. The van der Waals surface area contributed by atoms with Crippen LogP contribution in [0.15, 0.2) is 23.8 Å². The predicted molar refractivity (Wildman–Crippen MR) is 67.6 cm³/mol. The fourth-order valence-corrected chi connectivity index (χ4v) is 2.92. The molecule has 0 saturated heterocycles. The average Bonchev–Trinajstić information content (AvgIpc) is 2.33. The van der Waals surface area contributed by atoms with E-state index < -0.39 is 0 Å². The van der Waals surface area contributed by atoms with E-state index in [1.165, 1.54) is 5.57 Å². The first-order valence-electron chi connectivity index (χ1n) is 6.31. The lowest BCUT2D eigenvalue weighted by Crippen LogP contribution is -2.40. The summed E-state index contributed by atoms with van der Waals surface area (Å²) in [7, 11) is 0. The quantitative estimate of drug-likeness (QED) is 0.413. The van der Waals surface area contributed by atoms with Crippen molar-refractivity contribution in [1.29, 1.82) is 0 Å². The molecule has 0 fully saturated rings. The summed E-state index contributed by atoms with van der Waals surface area (Å²) in [6.07, 6.45) is 15.1.